The molecule has 18 heavy (non-hydrogen) atoms. The highest BCUT2D eigenvalue weighted by atomic mass is 15.3. The van der Waals surface area contributed by atoms with Gasteiger partial charge >= 0.3 is 0 Å². The molecule has 0 saturated carbocycles. The van der Waals surface area contributed by atoms with Crippen molar-refractivity contribution in [2.45, 2.75) is 52.6 Å². The van der Waals surface area contributed by atoms with Gasteiger partial charge in [-0.05, 0) is 29.9 Å². The maximum absolute atomic E-state index is 3.35. The Kier molecular flexibility index (Phi) is 3.65. The average molecular weight is 244 g/mol. The first kappa shape index (κ1) is 13.0. The Hall–Kier alpha value is -1.44. The van der Waals surface area contributed by atoms with Crippen LogP contribution in [0.25, 0.3) is 0 Å². The topological polar surface area (TPSA) is 15.3 Å². The summed E-state index contributed by atoms with van der Waals surface area (Å²) >= 11 is 0. The SMILES string of the molecule is CC(C)c1cccc(C(C)C)c1N1C=CNC1C. The van der Waals surface area contributed by atoms with Gasteiger partial charge < -0.3 is 10.2 Å². The van der Waals surface area contributed by atoms with E-state index in [0.29, 0.717) is 18.0 Å². The smallest absolute Gasteiger partial charge is 0.1000 e. The van der Waals surface area contributed by atoms with Crippen LogP contribution in [0.1, 0.15) is 57.6 Å². The van der Waals surface area contributed by atoms with Crippen LogP contribution in [-0.4, -0.2) is 6.17 Å². The number of nitrogens with zero attached hydrogens (tertiary/aromatic N) is 1. The zero-order valence-electron chi connectivity index (χ0n) is 12.1. The van der Waals surface area contributed by atoms with Crippen molar-refractivity contribution in [2.75, 3.05) is 4.90 Å². The number of para-hydroxylation sites is 1. The quantitative estimate of drug-likeness (QED) is 0.859. The van der Waals surface area contributed by atoms with Gasteiger partial charge in [-0.2, -0.15) is 0 Å². The highest BCUT2D eigenvalue weighted by molar-refractivity contribution is 5.64. The summed E-state index contributed by atoms with van der Waals surface area (Å²) in [5, 5.41) is 3.35. The molecule has 98 valence electrons. The fraction of sp³-hybridized carbons (Fsp3) is 0.500. The van der Waals surface area contributed by atoms with E-state index in [1.807, 2.05) is 6.20 Å². The number of benzene rings is 1. The lowest BCUT2D eigenvalue weighted by molar-refractivity contribution is 0.673. The van der Waals surface area contributed by atoms with E-state index in [9.17, 15) is 0 Å². The Bertz CT molecular complexity index is 420. The average Bonchev–Trinajstić information content (AvgIpc) is 2.74. The zero-order valence-corrected chi connectivity index (χ0v) is 12.1. The Labute approximate surface area is 111 Å². The minimum absolute atomic E-state index is 0.336. The molecule has 2 heteroatoms. The predicted molar refractivity (Wildman–Crippen MR) is 78.8 cm³/mol. The van der Waals surface area contributed by atoms with Crippen LogP contribution in [0.5, 0.6) is 0 Å². The number of nitrogens with one attached hydrogen (secondary N) is 1. The van der Waals surface area contributed by atoms with Crippen molar-refractivity contribution in [3.63, 3.8) is 0 Å². The zero-order chi connectivity index (χ0) is 13.3. The van der Waals surface area contributed by atoms with Crippen LogP contribution in [0.2, 0.25) is 0 Å². The third kappa shape index (κ3) is 2.24. The molecule has 1 N–H and O–H groups in total. The van der Waals surface area contributed by atoms with Crippen molar-refractivity contribution in [1.82, 2.24) is 5.32 Å². The molecular formula is C16H24N2. The molecule has 2 rings (SSSR count). The van der Waals surface area contributed by atoms with Gasteiger partial charge in [-0.3, -0.25) is 0 Å². The second-order valence-electron chi connectivity index (χ2n) is 5.66. The highest BCUT2D eigenvalue weighted by Crippen LogP contribution is 2.36. The van der Waals surface area contributed by atoms with Gasteiger partial charge in [-0.25, -0.2) is 0 Å². The summed E-state index contributed by atoms with van der Waals surface area (Å²) in [6, 6.07) is 6.70. The van der Waals surface area contributed by atoms with E-state index in [1.165, 1.54) is 16.8 Å². The normalized spacial score (nSPS) is 18.8. The van der Waals surface area contributed by atoms with E-state index in [0.717, 1.165) is 0 Å². The molecule has 1 aliphatic rings. The summed E-state index contributed by atoms with van der Waals surface area (Å²) < 4.78 is 0. The minimum atomic E-state index is 0.336. The largest absolute Gasteiger partial charge is 0.370 e. The molecule has 0 bridgehead atoms. The molecule has 1 atom stereocenters. The van der Waals surface area contributed by atoms with Crippen LogP contribution in [0.15, 0.2) is 30.6 Å². The number of anilines is 1. The van der Waals surface area contributed by atoms with E-state index >= 15 is 0 Å². The van der Waals surface area contributed by atoms with Gasteiger partial charge in [0, 0.05) is 18.1 Å². The molecule has 2 nitrogen and oxygen atoms in total. The van der Waals surface area contributed by atoms with Crippen molar-refractivity contribution in [3.05, 3.63) is 41.7 Å². The van der Waals surface area contributed by atoms with Gasteiger partial charge in [0.15, 0.2) is 0 Å². The summed E-state index contributed by atoms with van der Waals surface area (Å²) in [5.41, 5.74) is 4.25. The molecule has 1 aromatic carbocycles. The lowest BCUT2D eigenvalue weighted by Crippen LogP contribution is -2.33. The van der Waals surface area contributed by atoms with E-state index in [2.05, 4.69) is 69.2 Å². The summed E-state index contributed by atoms with van der Waals surface area (Å²) in [6.07, 6.45) is 4.52. The van der Waals surface area contributed by atoms with Crippen LogP contribution in [0, 0.1) is 0 Å². The Balaban J connectivity index is 2.56. The number of rotatable bonds is 3. The van der Waals surface area contributed by atoms with Crippen molar-refractivity contribution < 1.29 is 0 Å². The van der Waals surface area contributed by atoms with Crippen LogP contribution in [0.3, 0.4) is 0 Å². The van der Waals surface area contributed by atoms with Gasteiger partial charge in [0.05, 0.1) is 6.17 Å². The molecule has 0 saturated heterocycles. The Morgan fingerprint density at radius 2 is 1.61 bits per heavy atom. The predicted octanol–water partition coefficient (Wildman–Crippen LogP) is 4.16. The molecule has 0 radical (unpaired) electrons. The van der Waals surface area contributed by atoms with E-state index in [-0.39, 0.29) is 0 Å². The fourth-order valence-corrected chi connectivity index (χ4v) is 2.55. The standard InChI is InChI=1S/C16H24N2/c1-11(2)14-7-6-8-15(12(3)4)16(14)18-10-9-17-13(18)5/h6-13,17H,1-5H3. The lowest BCUT2D eigenvalue weighted by Gasteiger charge is -2.30. The van der Waals surface area contributed by atoms with Crippen molar-refractivity contribution in [1.29, 1.82) is 0 Å². The first-order valence-electron chi connectivity index (χ1n) is 6.86. The molecule has 1 aromatic rings. The van der Waals surface area contributed by atoms with Crippen LogP contribution in [-0.2, 0) is 0 Å². The Morgan fingerprint density at radius 1 is 1.06 bits per heavy atom. The summed E-state index contributed by atoms with van der Waals surface area (Å²) in [5.74, 6) is 1.08. The summed E-state index contributed by atoms with van der Waals surface area (Å²) in [6.45, 7) is 11.3. The highest BCUT2D eigenvalue weighted by Gasteiger charge is 2.23. The van der Waals surface area contributed by atoms with Crippen LogP contribution in [0.4, 0.5) is 5.69 Å². The third-order valence-electron chi connectivity index (χ3n) is 3.59. The first-order chi connectivity index (χ1) is 8.52. The summed E-state index contributed by atoms with van der Waals surface area (Å²) in [7, 11) is 0. The van der Waals surface area contributed by atoms with Crippen LogP contribution >= 0.6 is 0 Å². The molecule has 0 spiro atoms. The molecule has 0 amide bonds. The van der Waals surface area contributed by atoms with Gasteiger partial charge in [0.1, 0.15) is 0 Å². The second-order valence-corrected chi connectivity index (χ2v) is 5.66. The molecular weight excluding hydrogens is 220 g/mol. The maximum atomic E-state index is 3.35. The van der Waals surface area contributed by atoms with E-state index in [1.54, 1.807) is 0 Å². The van der Waals surface area contributed by atoms with Gasteiger partial charge in [0.25, 0.3) is 0 Å². The van der Waals surface area contributed by atoms with E-state index in [4.69, 9.17) is 0 Å². The lowest BCUT2D eigenvalue weighted by atomic mass is 9.92. The number of hydrogen-bond acceptors (Lipinski definition) is 2. The minimum Gasteiger partial charge on any atom is -0.370 e. The first-order valence-corrected chi connectivity index (χ1v) is 6.86. The molecule has 0 aliphatic carbocycles. The molecule has 0 fully saturated rings. The monoisotopic (exact) mass is 244 g/mol. The van der Waals surface area contributed by atoms with Crippen molar-refractivity contribution in [2.24, 2.45) is 0 Å². The van der Waals surface area contributed by atoms with Gasteiger partial charge in [-0.1, -0.05) is 45.9 Å². The number of hydrogen-bond donors (Lipinski definition) is 1. The van der Waals surface area contributed by atoms with Crippen molar-refractivity contribution in [3.8, 4) is 0 Å². The van der Waals surface area contributed by atoms with Gasteiger partial charge in [0.2, 0.25) is 0 Å². The molecule has 1 unspecified atom stereocenters. The Morgan fingerprint density at radius 3 is 2.00 bits per heavy atom. The third-order valence-corrected chi connectivity index (χ3v) is 3.59. The van der Waals surface area contributed by atoms with E-state index < -0.39 is 0 Å². The maximum Gasteiger partial charge on any atom is 0.1000 e. The summed E-state index contributed by atoms with van der Waals surface area (Å²) in [4.78, 5) is 2.35. The molecule has 1 aliphatic heterocycles. The molecule has 1 heterocycles. The van der Waals surface area contributed by atoms with Crippen molar-refractivity contribution >= 4 is 5.69 Å². The van der Waals surface area contributed by atoms with Gasteiger partial charge in [-0.15, -0.1) is 0 Å². The second kappa shape index (κ2) is 5.05. The molecule has 0 aromatic heterocycles. The van der Waals surface area contributed by atoms with Crippen LogP contribution < -0.4 is 10.2 Å². The fourth-order valence-electron chi connectivity index (χ4n) is 2.55.